The summed E-state index contributed by atoms with van der Waals surface area (Å²) in [5.74, 6) is 1.17. The third-order valence-corrected chi connectivity index (χ3v) is 3.67. The summed E-state index contributed by atoms with van der Waals surface area (Å²) >= 11 is 0. The van der Waals surface area contributed by atoms with Crippen molar-refractivity contribution in [1.29, 1.82) is 0 Å². The summed E-state index contributed by atoms with van der Waals surface area (Å²) in [6.45, 7) is 9.70. The maximum absolute atomic E-state index is 4.82. The third kappa shape index (κ3) is 3.93. The Morgan fingerprint density at radius 3 is 2.63 bits per heavy atom. The Bertz CT molecular complexity index is 399. The first-order chi connectivity index (χ1) is 9.26. The van der Waals surface area contributed by atoms with Crippen LogP contribution in [0, 0.1) is 6.92 Å². The Balaban J connectivity index is 2.04. The quantitative estimate of drug-likeness (QED) is 0.728. The fourth-order valence-electron chi connectivity index (χ4n) is 2.43. The van der Waals surface area contributed by atoms with E-state index in [1.54, 1.807) is 0 Å². The lowest BCUT2D eigenvalue weighted by Gasteiger charge is -2.23. The van der Waals surface area contributed by atoms with E-state index in [0.717, 1.165) is 25.7 Å². The van der Waals surface area contributed by atoms with Crippen molar-refractivity contribution in [1.82, 2.24) is 10.3 Å². The number of nitrogens with one attached hydrogen (secondary N) is 1. The molecule has 0 aromatic carbocycles. The van der Waals surface area contributed by atoms with Crippen molar-refractivity contribution in [3.8, 4) is 0 Å². The number of aromatic nitrogens is 1. The number of rotatable bonds is 8. The van der Waals surface area contributed by atoms with Crippen LogP contribution in [0.5, 0.6) is 0 Å². The van der Waals surface area contributed by atoms with E-state index in [4.69, 9.17) is 4.98 Å². The van der Waals surface area contributed by atoms with Crippen LogP contribution >= 0.6 is 0 Å². The van der Waals surface area contributed by atoms with Gasteiger partial charge in [0.25, 0.3) is 0 Å². The third-order valence-electron chi connectivity index (χ3n) is 3.67. The maximum atomic E-state index is 4.82. The second-order valence-electron chi connectivity index (χ2n) is 5.52. The van der Waals surface area contributed by atoms with Crippen LogP contribution in [0.1, 0.15) is 50.8 Å². The van der Waals surface area contributed by atoms with E-state index in [1.165, 1.54) is 42.8 Å². The molecule has 3 nitrogen and oxygen atoms in total. The van der Waals surface area contributed by atoms with Gasteiger partial charge in [-0.3, -0.25) is 0 Å². The van der Waals surface area contributed by atoms with E-state index < -0.39 is 0 Å². The summed E-state index contributed by atoms with van der Waals surface area (Å²) in [5.41, 5.74) is 2.49. The number of aryl methyl sites for hydroxylation is 1. The molecule has 1 aliphatic carbocycles. The van der Waals surface area contributed by atoms with Gasteiger partial charge in [-0.15, -0.1) is 0 Å². The van der Waals surface area contributed by atoms with E-state index in [0.29, 0.717) is 0 Å². The minimum absolute atomic E-state index is 0.746. The summed E-state index contributed by atoms with van der Waals surface area (Å²) in [7, 11) is 0. The molecule has 1 aliphatic rings. The van der Waals surface area contributed by atoms with Crippen LogP contribution in [0.25, 0.3) is 0 Å². The Labute approximate surface area is 117 Å². The molecule has 0 bridgehead atoms. The van der Waals surface area contributed by atoms with Crippen molar-refractivity contribution < 1.29 is 0 Å². The highest BCUT2D eigenvalue weighted by molar-refractivity contribution is 5.44. The number of pyridine rings is 1. The van der Waals surface area contributed by atoms with Crippen molar-refractivity contribution in [2.45, 2.75) is 59.0 Å². The summed E-state index contributed by atoms with van der Waals surface area (Å²) in [4.78, 5) is 7.30. The van der Waals surface area contributed by atoms with Crippen LogP contribution in [-0.4, -0.2) is 24.1 Å². The molecule has 19 heavy (non-hydrogen) atoms. The van der Waals surface area contributed by atoms with Crippen molar-refractivity contribution >= 4 is 5.82 Å². The largest absolute Gasteiger partial charge is 0.354 e. The predicted octanol–water partition coefficient (Wildman–Crippen LogP) is 3.27. The van der Waals surface area contributed by atoms with Crippen molar-refractivity contribution in [3.63, 3.8) is 0 Å². The molecular formula is C16H27N3. The first-order valence-electron chi connectivity index (χ1n) is 7.70. The second kappa shape index (κ2) is 6.90. The van der Waals surface area contributed by atoms with Gasteiger partial charge in [-0.05, 0) is 50.8 Å². The Morgan fingerprint density at radius 1 is 1.26 bits per heavy atom. The van der Waals surface area contributed by atoms with Gasteiger partial charge < -0.3 is 10.2 Å². The van der Waals surface area contributed by atoms with Crippen LogP contribution < -0.4 is 10.2 Å². The van der Waals surface area contributed by atoms with E-state index in [-0.39, 0.29) is 0 Å². The molecule has 1 fully saturated rings. The number of anilines is 1. The molecule has 0 saturated heterocycles. The van der Waals surface area contributed by atoms with E-state index in [2.05, 4.69) is 43.1 Å². The molecule has 0 spiro atoms. The Morgan fingerprint density at radius 2 is 2.05 bits per heavy atom. The van der Waals surface area contributed by atoms with Crippen LogP contribution in [0.15, 0.2) is 12.1 Å². The lowest BCUT2D eigenvalue weighted by molar-refractivity contribution is 0.669. The number of hydrogen-bond donors (Lipinski definition) is 1. The minimum Gasteiger partial charge on any atom is -0.354 e. The van der Waals surface area contributed by atoms with Crippen LogP contribution in [-0.2, 0) is 6.54 Å². The molecule has 1 aromatic heterocycles. The molecule has 1 heterocycles. The smallest absolute Gasteiger partial charge is 0.129 e. The number of nitrogens with zero attached hydrogens (tertiary/aromatic N) is 2. The summed E-state index contributed by atoms with van der Waals surface area (Å²) in [6.07, 6.45) is 5.04. The van der Waals surface area contributed by atoms with Gasteiger partial charge in [0.05, 0.1) is 0 Å². The lowest BCUT2D eigenvalue weighted by atomic mass is 10.2. The molecule has 3 heteroatoms. The van der Waals surface area contributed by atoms with Gasteiger partial charge in [0, 0.05) is 24.8 Å². The van der Waals surface area contributed by atoms with Gasteiger partial charge >= 0.3 is 0 Å². The summed E-state index contributed by atoms with van der Waals surface area (Å²) in [6, 6.07) is 5.19. The maximum Gasteiger partial charge on any atom is 0.129 e. The zero-order valence-electron chi connectivity index (χ0n) is 12.6. The van der Waals surface area contributed by atoms with Gasteiger partial charge in [0.2, 0.25) is 0 Å². The van der Waals surface area contributed by atoms with Crippen LogP contribution in [0.2, 0.25) is 0 Å². The standard InChI is InChI=1S/C16H27N3/c1-4-10-17-12-14-6-9-16(18-13(14)3)19(11-5-2)15-7-8-15/h6,9,15,17H,4-5,7-8,10-12H2,1-3H3. The van der Waals surface area contributed by atoms with Crippen LogP contribution in [0.4, 0.5) is 5.82 Å². The zero-order chi connectivity index (χ0) is 13.7. The van der Waals surface area contributed by atoms with Gasteiger partial charge in [-0.1, -0.05) is 19.9 Å². The average molecular weight is 261 g/mol. The molecule has 1 N–H and O–H groups in total. The summed E-state index contributed by atoms with van der Waals surface area (Å²) < 4.78 is 0. The van der Waals surface area contributed by atoms with Crippen LogP contribution in [0.3, 0.4) is 0 Å². The van der Waals surface area contributed by atoms with Crippen molar-refractivity contribution in [3.05, 3.63) is 23.4 Å². The zero-order valence-corrected chi connectivity index (χ0v) is 12.6. The van der Waals surface area contributed by atoms with E-state index >= 15 is 0 Å². The van der Waals surface area contributed by atoms with Gasteiger partial charge in [0.1, 0.15) is 5.82 Å². The highest BCUT2D eigenvalue weighted by Crippen LogP contribution is 2.31. The first kappa shape index (κ1) is 14.3. The molecule has 1 aromatic rings. The molecule has 106 valence electrons. The molecule has 0 radical (unpaired) electrons. The van der Waals surface area contributed by atoms with Crippen molar-refractivity contribution in [2.24, 2.45) is 0 Å². The lowest BCUT2D eigenvalue weighted by Crippen LogP contribution is -2.27. The highest BCUT2D eigenvalue weighted by atomic mass is 15.2. The molecule has 0 aliphatic heterocycles. The minimum atomic E-state index is 0.746. The monoisotopic (exact) mass is 261 g/mol. The molecule has 2 rings (SSSR count). The highest BCUT2D eigenvalue weighted by Gasteiger charge is 2.29. The topological polar surface area (TPSA) is 28.2 Å². The summed E-state index contributed by atoms with van der Waals surface area (Å²) in [5, 5.41) is 3.45. The van der Waals surface area contributed by atoms with Crippen molar-refractivity contribution in [2.75, 3.05) is 18.0 Å². The predicted molar refractivity (Wildman–Crippen MR) is 81.6 cm³/mol. The molecular weight excluding hydrogens is 234 g/mol. The number of hydrogen-bond acceptors (Lipinski definition) is 3. The van der Waals surface area contributed by atoms with Gasteiger partial charge in [0.15, 0.2) is 0 Å². The molecule has 1 saturated carbocycles. The van der Waals surface area contributed by atoms with Gasteiger partial charge in [-0.2, -0.15) is 0 Å². The first-order valence-corrected chi connectivity index (χ1v) is 7.70. The van der Waals surface area contributed by atoms with E-state index in [1.807, 2.05) is 0 Å². The molecule has 0 amide bonds. The second-order valence-corrected chi connectivity index (χ2v) is 5.52. The Kier molecular flexibility index (Phi) is 5.20. The molecule has 0 unspecified atom stereocenters. The SMILES string of the molecule is CCCNCc1ccc(N(CCC)C2CC2)nc1C. The Hall–Kier alpha value is -1.09. The normalized spacial score (nSPS) is 14.7. The van der Waals surface area contributed by atoms with Gasteiger partial charge in [-0.25, -0.2) is 4.98 Å². The van der Waals surface area contributed by atoms with E-state index in [9.17, 15) is 0 Å². The fraction of sp³-hybridized carbons (Fsp3) is 0.688. The fourth-order valence-corrected chi connectivity index (χ4v) is 2.43. The molecule has 0 atom stereocenters. The average Bonchev–Trinajstić information content (AvgIpc) is 3.22.